The Morgan fingerprint density at radius 2 is 1.90 bits per heavy atom. The Kier molecular flexibility index (Phi) is 5.82. The SMILES string of the molecule is CCN([C@H](C(=O)OC)C(C)O)S(=O)(=O)c1ccc(F)cc1. The fraction of sp³-hybridized carbons (Fsp3) is 0.462. The van der Waals surface area contributed by atoms with E-state index in [1.807, 2.05) is 0 Å². The number of halogens is 1. The third-order valence-corrected chi connectivity index (χ3v) is 4.91. The van der Waals surface area contributed by atoms with Gasteiger partial charge in [0.1, 0.15) is 11.9 Å². The van der Waals surface area contributed by atoms with Crippen molar-refractivity contribution in [2.24, 2.45) is 0 Å². The lowest BCUT2D eigenvalue weighted by Gasteiger charge is -2.29. The molecule has 0 radical (unpaired) electrons. The van der Waals surface area contributed by atoms with Crippen LogP contribution in [0.5, 0.6) is 0 Å². The van der Waals surface area contributed by atoms with Crippen molar-refractivity contribution in [3.63, 3.8) is 0 Å². The maximum atomic E-state index is 12.9. The molecule has 1 aromatic carbocycles. The summed E-state index contributed by atoms with van der Waals surface area (Å²) in [6.07, 6.45) is -1.26. The van der Waals surface area contributed by atoms with Gasteiger partial charge in [-0.25, -0.2) is 12.8 Å². The molecule has 0 saturated heterocycles. The zero-order valence-corrected chi connectivity index (χ0v) is 12.8. The summed E-state index contributed by atoms with van der Waals surface area (Å²) < 4.78 is 43.3. The van der Waals surface area contributed by atoms with Gasteiger partial charge in [0.05, 0.1) is 18.1 Å². The highest BCUT2D eigenvalue weighted by Crippen LogP contribution is 2.20. The largest absolute Gasteiger partial charge is 0.468 e. The van der Waals surface area contributed by atoms with Crippen LogP contribution in [0.15, 0.2) is 29.2 Å². The van der Waals surface area contributed by atoms with Crippen LogP contribution < -0.4 is 0 Å². The van der Waals surface area contributed by atoms with Crippen LogP contribution in [0.2, 0.25) is 0 Å². The molecule has 1 rings (SSSR count). The molecule has 0 saturated carbocycles. The number of rotatable bonds is 6. The molecular formula is C13H18FNO5S. The Morgan fingerprint density at radius 3 is 2.29 bits per heavy atom. The molecule has 0 aliphatic carbocycles. The van der Waals surface area contributed by atoms with Crippen LogP contribution >= 0.6 is 0 Å². The molecule has 8 heteroatoms. The van der Waals surface area contributed by atoms with Gasteiger partial charge in [0.15, 0.2) is 0 Å². The van der Waals surface area contributed by atoms with E-state index in [9.17, 15) is 22.7 Å². The van der Waals surface area contributed by atoms with Crippen LogP contribution in [0, 0.1) is 5.82 Å². The first kappa shape index (κ1) is 17.5. The number of aliphatic hydroxyl groups excluding tert-OH is 1. The number of sulfonamides is 1. The Balaban J connectivity index is 3.29. The molecular weight excluding hydrogens is 301 g/mol. The number of esters is 1. The minimum atomic E-state index is -4.06. The highest BCUT2D eigenvalue weighted by Gasteiger charge is 2.38. The first-order valence-corrected chi connectivity index (χ1v) is 7.73. The number of hydrogen-bond donors (Lipinski definition) is 1. The number of nitrogens with zero attached hydrogens (tertiary/aromatic N) is 1. The standard InChI is InChI=1S/C13H18FNO5S/c1-4-15(12(9(2)16)13(17)20-3)21(18,19)11-7-5-10(14)6-8-11/h5-9,12,16H,4H2,1-3H3/t9?,12-/m0/s1. The summed E-state index contributed by atoms with van der Waals surface area (Å²) in [4.78, 5) is 11.6. The average molecular weight is 319 g/mol. The molecule has 0 fully saturated rings. The zero-order valence-electron chi connectivity index (χ0n) is 12.0. The maximum absolute atomic E-state index is 12.9. The van der Waals surface area contributed by atoms with Crippen LogP contribution in [0.25, 0.3) is 0 Å². The van der Waals surface area contributed by atoms with E-state index in [-0.39, 0.29) is 11.4 Å². The van der Waals surface area contributed by atoms with E-state index in [2.05, 4.69) is 4.74 Å². The number of carbonyl (C=O) groups is 1. The van der Waals surface area contributed by atoms with Crippen molar-refractivity contribution in [1.82, 2.24) is 4.31 Å². The van der Waals surface area contributed by atoms with E-state index in [1.165, 1.54) is 13.8 Å². The highest BCUT2D eigenvalue weighted by atomic mass is 32.2. The lowest BCUT2D eigenvalue weighted by molar-refractivity contribution is -0.148. The molecule has 6 nitrogen and oxygen atoms in total. The van der Waals surface area contributed by atoms with Crippen LogP contribution in [-0.4, -0.2) is 49.6 Å². The van der Waals surface area contributed by atoms with Crippen LogP contribution in [0.1, 0.15) is 13.8 Å². The van der Waals surface area contributed by atoms with E-state index in [0.717, 1.165) is 35.7 Å². The second kappa shape index (κ2) is 6.97. The van der Waals surface area contributed by atoms with E-state index < -0.39 is 34.0 Å². The van der Waals surface area contributed by atoms with Gasteiger partial charge in [-0.1, -0.05) is 6.92 Å². The van der Waals surface area contributed by atoms with Crippen molar-refractivity contribution in [2.75, 3.05) is 13.7 Å². The normalized spacial score (nSPS) is 14.8. The third-order valence-electron chi connectivity index (χ3n) is 2.94. The first-order chi connectivity index (χ1) is 9.75. The maximum Gasteiger partial charge on any atom is 0.326 e. The van der Waals surface area contributed by atoms with Gasteiger partial charge < -0.3 is 9.84 Å². The molecule has 1 N–H and O–H groups in total. The summed E-state index contributed by atoms with van der Waals surface area (Å²) in [6, 6.07) is 2.86. The topological polar surface area (TPSA) is 83.9 Å². The Labute approximate surface area is 123 Å². The molecule has 0 heterocycles. The van der Waals surface area contributed by atoms with Gasteiger partial charge >= 0.3 is 5.97 Å². The summed E-state index contributed by atoms with van der Waals surface area (Å²) in [5.74, 6) is -1.44. The number of carbonyl (C=O) groups excluding carboxylic acids is 1. The van der Waals surface area contributed by atoms with E-state index in [4.69, 9.17) is 0 Å². The number of likely N-dealkylation sites (N-methyl/N-ethyl adjacent to an activating group) is 1. The van der Waals surface area contributed by atoms with Gasteiger partial charge in [0, 0.05) is 6.54 Å². The van der Waals surface area contributed by atoms with Gasteiger partial charge in [0.25, 0.3) is 0 Å². The van der Waals surface area contributed by atoms with Gasteiger partial charge in [-0.05, 0) is 31.2 Å². The Hall–Kier alpha value is -1.51. The van der Waals surface area contributed by atoms with Gasteiger partial charge in [-0.15, -0.1) is 0 Å². The van der Waals surface area contributed by atoms with Crippen molar-refractivity contribution in [1.29, 1.82) is 0 Å². The summed E-state index contributed by atoms with van der Waals surface area (Å²) in [6.45, 7) is 2.77. The molecule has 0 spiro atoms. The smallest absolute Gasteiger partial charge is 0.326 e. The molecule has 21 heavy (non-hydrogen) atoms. The van der Waals surface area contributed by atoms with Crippen LogP contribution in [0.4, 0.5) is 4.39 Å². The summed E-state index contributed by atoms with van der Waals surface area (Å²) in [5.41, 5.74) is 0. The zero-order chi connectivity index (χ0) is 16.2. The van der Waals surface area contributed by atoms with E-state index >= 15 is 0 Å². The molecule has 0 aliphatic heterocycles. The van der Waals surface area contributed by atoms with Crippen molar-refractivity contribution in [3.8, 4) is 0 Å². The van der Waals surface area contributed by atoms with Gasteiger partial charge in [-0.2, -0.15) is 4.31 Å². The molecule has 2 atom stereocenters. The monoisotopic (exact) mass is 319 g/mol. The number of methoxy groups -OCH3 is 1. The third kappa shape index (κ3) is 3.78. The van der Waals surface area contributed by atoms with Crippen molar-refractivity contribution >= 4 is 16.0 Å². The predicted molar refractivity (Wildman–Crippen MR) is 73.5 cm³/mol. The fourth-order valence-electron chi connectivity index (χ4n) is 1.93. The number of aliphatic hydroxyl groups is 1. The molecule has 1 aromatic rings. The van der Waals surface area contributed by atoms with E-state index in [1.54, 1.807) is 0 Å². The van der Waals surface area contributed by atoms with Crippen molar-refractivity contribution in [3.05, 3.63) is 30.1 Å². The van der Waals surface area contributed by atoms with Gasteiger partial charge in [0.2, 0.25) is 10.0 Å². The van der Waals surface area contributed by atoms with Crippen molar-refractivity contribution < 1.29 is 27.4 Å². The Bertz CT molecular complexity index is 585. The quantitative estimate of drug-likeness (QED) is 0.783. The predicted octanol–water partition coefficient (Wildman–Crippen LogP) is 0.759. The number of ether oxygens (including phenoxy) is 1. The summed E-state index contributed by atoms with van der Waals surface area (Å²) >= 11 is 0. The second-order valence-corrected chi connectivity index (χ2v) is 6.26. The Morgan fingerprint density at radius 1 is 1.38 bits per heavy atom. The number of hydrogen-bond acceptors (Lipinski definition) is 5. The molecule has 1 unspecified atom stereocenters. The average Bonchev–Trinajstić information content (AvgIpc) is 2.43. The summed E-state index contributed by atoms with van der Waals surface area (Å²) in [7, 11) is -2.95. The van der Waals surface area contributed by atoms with Crippen molar-refractivity contribution in [2.45, 2.75) is 30.9 Å². The molecule has 118 valence electrons. The van der Waals surface area contributed by atoms with Gasteiger partial charge in [-0.3, -0.25) is 4.79 Å². The fourth-order valence-corrected chi connectivity index (χ4v) is 3.59. The number of benzene rings is 1. The minimum Gasteiger partial charge on any atom is -0.468 e. The first-order valence-electron chi connectivity index (χ1n) is 6.29. The minimum absolute atomic E-state index is 0.0512. The lowest BCUT2D eigenvalue weighted by atomic mass is 10.2. The van der Waals surface area contributed by atoms with Crippen LogP contribution in [-0.2, 0) is 19.6 Å². The molecule has 0 aromatic heterocycles. The summed E-state index contributed by atoms with van der Waals surface area (Å²) in [5, 5.41) is 9.70. The molecule has 0 amide bonds. The highest BCUT2D eigenvalue weighted by molar-refractivity contribution is 7.89. The lowest BCUT2D eigenvalue weighted by Crippen LogP contribution is -2.51. The molecule has 0 aliphatic rings. The molecule has 0 bridgehead atoms. The second-order valence-electron chi connectivity index (χ2n) is 4.37. The van der Waals surface area contributed by atoms with Crippen LogP contribution in [0.3, 0.4) is 0 Å². The van der Waals surface area contributed by atoms with E-state index in [0.29, 0.717) is 0 Å².